The lowest BCUT2D eigenvalue weighted by Gasteiger charge is -2.34. The number of rotatable bonds is 6. The largest absolute Gasteiger partial charge is 0.299 e. The molecule has 0 saturated carbocycles. The minimum absolute atomic E-state index is 0.0526. The number of hydrogen-bond acceptors (Lipinski definition) is 3. The van der Waals surface area contributed by atoms with Crippen LogP contribution < -0.4 is 4.72 Å². The minimum Gasteiger partial charge on any atom is -0.299 e. The van der Waals surface area contributed by atoms with E-state index in [9.17, 15) is 8.42 Å². The van der Waals surface area contributed by atoms with Crippen LogP contribution >= 0.6 is 0 Å². The number of piperidine rings is 1. The lowest BCUT2D eigenvalue weighted by molar-refractivity contribution is 0.148. The van der Waals surface area contributed by atoms with Gasteiger partial charge in [-0.2, -0.15) is 0 Å². The number of nitrogens with zero attached hydrogens (tertiary/aromatic N) is 1. The third kappa shape index (κ3) is 5.38. The molecule has 0 aliphatic carbocycles. The lowest BCUT2D eigenvalue weighted by Crippen LogP contribution is -2.45. The van der Waals surface area contributed by atoms with Crippen LogP contribution in [0.5, 0.6) is 0 Å². The Bertz CT molecular complexity index is 561. The Hall–Kier alpha value is -0.910. The normalized spacial score (nSPS) is 19.2. The third-order valence-electron chi connectivity index (χ3n) is 4.52. The Morgan fingerprint density at radius 3 is 2.41 bits per heavy atom. The molecule has 124 valence electrons. The van der Waals surface area contributed by atoms with Crippen molar-refractivity contribution in [2.75, 3.05) is 19.6 Å². The summed E-state index contributed by atoms with van der Waals surface area (Å²) in [5, 5.41) is 0. The molecule has 0 aromatic heterocycles. The van der Waals surface area contributed by atoms with Gasteiger partial charge in [-0.15, -0.1) is 0 Å². The molecule has 1 N–H and O–H groups in total. The second-order valence-electron chi connectivity index (χ2n) is 6.66. The maximum atomic E-state index is 12.2. The van der Waals surface area contributed by atoms with Gasteiger partial charge in [-0.25, -0.2) is 13.1 Å². The summed E-state index contributed by atoms with van der Waals surface area (Å²) in [6, 6.07) is 7.90. The van der Waals surface area contributed by atoms with Crippen molar-refractivity contribution in [3.05, 3.63) is 35.4 Å². The maximum Gasteiger partial charge on any atom is 0.215 e. The third-order valence-corrected chi connectivity index (χ3v) is 5.84. The van der Waals surface area contributed by atoms with Gasteiger partial charge in [0.15, 0.2) is 0 Å². The van der Waals surface area contributed by atoms with Crippen LogP contribution in [0.4, 0.5) is 0 Å². The van der Waals surface area contributed by atoms with E-state index in [0.29, 0.717) is 6.54 Å². The van der Waals surface area contributed by atoms with E-state index in [1.165, 1.54) is 12.8 Å². The summed E-state index contributed by atoms with van der Waals surface area (Å²) in [7, 11) is -3.27. The predicted molar refractivity (Wildman–Crippen MR) is 91.2 cm³/mol. The summed E-state index contributed by atoms with van der Waals surface area (Å²) in [5.41, 5.74) is 1.97. The van der Waals surface area contributed by atoms with Crippen LogP contribution in [0.25, 0.3) is 0 Å². The summed E-state index contributed by atoms with van der Waals surface area (Å²) in [4.78, 5) is 2.38. The molecule has 1 heterocycles. The molecule has 0 radical (unpaired) electrons. The smallest absolute Gasteiger partial charge is 0.215 e. The molecule has 1 saturated heterocycles. The topological polar surface area (TPSA) is 49.4 Å². The molecule has 1 unspecified atom stereocenters. The van der Waals surface area contributed by atoms with E-state index in [0.717, 1.165) is 30.1 Å². The molecule has 1 aromatic carbocycles. The van der Waals surface area contributed by atoms with Crippen molar-refractivity contribution in [3.8, 4) is 0 Å². The first-order valence-electron chi connectivity index (χ1n) is 8.12. The Balaban J connectivity index is 1.82. The van der Waals surface area contributed by atoms with Crippen molar-refractivity contribution in [1.29, 1.82) is 0 Å². The van der Waals surface area contributed by atoms with E-state index in [-0.39, 0.29) is 11.8 Å². The van der Waals surface area contributed by atoms with Crippen LogP contribution in [0.3, 0.4) is 0 Å². The molecule has 0 bridgehead atoms. The van der Waals surface area contributed by atoms with Gasteiger partial charge < -0.3 is 0 Å². The van der Waals surface area contributed by atoms with E-state index in [4.69, 9.17) is 0 Å². The van der Waals surface area contributed by atoms with Gasteiger partial charge in [0.25, 0.3) is 0 Å². The quantitative estimate of drug-likeness (QED) is 0.875. The van der Waals surface area contributed by atoms with Gasteiger partial charge in [0, 0.05) is 12.6 Å². The second kappa shape index (κ2) is 7.57. The van der Waals surface area contributed by atoms with Crippen molar-refractivity contribution in [3.63, 3.8) is 0 Å². The van der Waals surface area contributed by atoms with Crippen molar-refractivity contribution in [2.24, 2.45) is 5.92 Å². The summed E-state index contributed by atoms with van der Waals surface area (Å²) in [5.74, 6) is 0.846. The number of likely N-dealkylation sites (tertiary alicyclic amines) is 1. The molecule has 0 amide bonds. The number of aryl methyl sites for hydroxylation is 1. The van der Waals surface area contributed by atoms with E-state index in [2.05, 4.69) is 23.5 Å². The molecule has 22 heavy (non-hydrogen) atoms. The maximum absolute atomic E-state index is 12.2. The highest BCUT2D eigenvalue weighted by molar-refractivity contribution is 7.88. The molecule has 2 rings (SSSR count). The zero-order valence-corrected chi connectivity index (χ0v) is 14.7. The first-order chi connectivity index (χ1) is 10.4. The monoisotopic (exact) mass is 324 g/mol. The van der Waals surface area contributed by atoms with Crippen LogP contribution in [0.2, 0.25) is 0 Å². The SMILES string of the molecule is Cc1ccc(CS(=O)(=O)NCC(C)N2CCC(C)CC2)cc1. The zero-order valence-electron chi connectivity index (χ0n) is 13.9. The molecule has 5 heteroatoms. The van der Waals surface area contributed by atoms with Crippen molar-refractivity contribution < 1.29 is 8.42 Å². The highest BCUT2D eigenvalue weighted by atomic mass is 32.2. The fourth-order valence-corrected chi connectivity index (χ4v) is 4.03. The molecule has 1 fully saturated rings. The standard InChI is InChI=1S/C17H28N2O2S/c1-14-4-6-17(7-5-14)13-22(20,21)18-12-16(3)19-10-8-15(2)9-11-19/h4-7,15-16,18H,8-13H2,1-3H3. The van der Waals surface area contributed by atoms with Crippen LogP contribution in [-0.2, 0) is 15.8 Å². The first kappa shape index (κ1) is 17.4. The number of nitrogens with one attached hydrogen (secondary N) is 1. The van der Waals surface area contributed by atoms with Gasteiger partial charge in [0.05, 0.1) is 5.75 Å². The highest BCUT2D eigenvalue weighted by Crippen LogP contribution is 2.17. The molecule has 1 aliphatic heterocycles. The van der Waals surface area contributed by atoms with E-state index < -0.39 is 10.0 Å². The molecule has 0 spiro atoms. The number of hydrogen-bond donors (Lipinski definition) is 1. The number of sulfonamides is 1. The van der Waals surface area contributed by atoms with E-state index >= 15 is 0 Å². The van der Waals surface area contributed by atoms with Crippen LogP contribution in [0.1, 0.15) is 37.8 Å². The Kier molecular flexibility index (Phi) is 6.01. The summed E-state index contributed by atoms with van der Waals surface area (Å²) in [6.07, 6.45) is 2.42. The Labute approximate surface area is 135 Å². The molecular weight excluding hydrogens is 296 g/mol. The van der Waals surface area contributed by atoms with Gasteiger partial charge >= 0.3 is 0 Å². The van der Waals surface area contributed by atoms with Gasteiger partial charge in [0.1, 0.15) is 0 Å². The molecular formula is C17H28N2O2S. The van der Waals surface area contributed by atoms with Crippen molar-refractivity contribution in [1.82, 2.24) is 9.62 Å². The second-order valence-corrected chi connectivity index (χ2v) is 8.47. The van der Waals surface area contributed by atoms with Gasteiger partial charge in [-0.1, -0.05) is 36.8 Å². The summed E-state index contributed by atoms with van der Waals surface area (Å²) >= 11 is 0. The minimum atomic E-state index is -3.27. The molecule has 1 atom stereocenters. The Morgan fingerprint density at radius 1 is 1.23 bits per heavy atom. The van der Waals surface area contributed by atoms with Crippen LogP contribution in [0.15, 0.2) is 24.3 Å². The zero-order chi connectivity index (χ0) is 16.2. The first-order valence-corrected chi connectivity index (χ1v) is 9.78. The summed E-state index contributed by atoms with van der Waals surface area (Å²) in [6.45, 7) is 9.01. The molecule has 4 nitrogen and oxygen atoms in total. The van der Waals surface area contributed by atoms with Crippen molar-refractivity contribution in [2.45, 2.75) is 45.4 Å². The molecule has 1 aromatic rings. The average Bonchev–Trinajstić information content (AvgIpc) is 2.48. The fourth-order valence-electron chi connectivity index (χ4n) is 2.80. The van der Waals surface area contributed by atoms with Crippen LogP contribution in [-0.4, -0.2) is 39.0 Å². The van der Waals surface area contributed by atoms with Crippen LogP contribution in [0, 0.1) is 12.8 Å². The predicted octanol–water partition coefficient (Wildman–Crippen LogP) is 2.53. The number of benzene rings is 1. The summed E-state index contributed by atoms with van der Waals surface area (Å²) < 4.78 is 27.2. The highest BCUT2D eigenvalue weighted by Gasteiger charge is 2.21. The van der Waals surface area contributed by atoms with Gasteiger partial charge in [0.2, 0.25) is 10.0 Å². The van der Waals surface area contributed by atoms with E-state index in [1.807, 2.05) is 31.2 Å². The van der Waals surface area contributed by atoms with E-state index in [1.54, 1.807) is 0 Å². The van der Waals surface area contributed by atoms with Gasteiger partial charge in [-0.3, -0.25) is 4.90 Å². The van der Waals surface area contributed by atoms with Crippen molar-refractivity contribution >= 4 is 10.0 Å². The fraction of sp³-hybridized carbons (Fsp3) is 0.647. The lowest BCUT2D eigenvalue weighted by atomic mass is 9.98. The average molecular weight is 324 g/mol. The van der Waals surface area contributed by atoms with Gasteiger partial charge in [-0.05, 0) is 51.3 Å². The Morgan fingerprint density at radius 2 is 1.82 bits per heavy atom. The molecule has 1 aliphatic rings.